The number of halogens is 3. The highest BCUT2D eigenvalue weighted by Gasteiger charge is 2.85. The van der Waals surface area contributed by atoms with Gasteiger partial charge in [-0.2, -0.15) is 13.2 Å². The van der Waals surface area contributed by atoms with Crippen molar-refractivity contribution < 1.29 is 22.7 Å². The molecule has 1 N–H and O–H groups in total. The molecule has 1 aliphatic carbocycles. The van der Waals surface area contributed by atoms with Crippen molar-refractivity contribution >= 4 is 5.97 Å². The van der Waals surface area contributed by atoms with Crippen molar-refractivity contribution in [2.24, 2.45) is 10.8 Å². The Morgan fingerprint density at radius 3 is 2.50 bits per heavy atom. The van der Waals surface area contributed by atoms with Crippen molar-refractivity contribution in [3.05, 3.63) is 0 Å². The first kappa shape index (κ1) is 9.76. The maximum atomic E-state index is 12.7. The molecule has 0 aromatic carbocycles. The zero-order valence-corrected chi connectivity index (χ0v) is 7.57. The van der Waals surface area contributed by atoms with E-state index in [9.17, 15) is 18.0 Å². The molecule has 80 valence electrons. The number of carbonyl (C=O) groups excluding carboxylic acids is 1. The molecule has 6 heteroatoms. The van der Waals surface area contributed by atoms with Gasteiger partial charge in [0, 0.05) is 13.1 Å². The number of rotatable bonds is 1. The van der Waals surface area contributed by atoms with Crippen LogP contribution in [-0.2, 0) is 9.53 Å². The Morgan fingerprint density at radius 2 is 2.07 bits per heavy atom. The highest BCUT2D eigenvalue weighted by atomic mass is 19.4. The third-order valence-electron chi connectivity index (χ3n) is 3.37. The summed E-state index contributed by atoms with van der Waals surface area (Å²) in [6, 6.07) is 0. The van der Waals surface area contributed by atoms with E-state index in [-0.39, 0.29) is 19.5 Å². The van der Waals surface area contributed by atoms with Crippen molar-refractivity contribution in [3.63, 3.8) is 0 Å². The van der Waals surface area contributed by atoms with Crippen LogP contribution in [0.5, 0.6) is 0 Å². The fourth-order valence-corrected chi connectivity index (χ4v) is 2.43. The summed E-state index contributed by atoms with van der Waals surface area (Å²) in [6.07, 6.45) is -4.46. The summed E-state index contributed by atoms with van der Waals surface area (Å²) in [5.41, 5.74) is -3.22. The number of alkyl halides is 3. The molecule has 2 rings (SSSR count). The molecule has 0 unspecified atom stereocenters. The average Bonchev–Trinajstić information content (AvgIpc) is 2.64. The number of carbonyl (C=O) groups is 1. The van der Waals surface area contributed by atoms with Gasteiger partial charge in [-0.3, -0.25) is 4.79 Å². The van der Waals surface area contributed by atoms with Crippen LogP contribution in [0.1, 0.15) is 6.42 Å². The van der Waals surface area contributed by atoms with Gasteiger partial charge >= 0.3 is 12.1 Å². The third-order valence-corrected chi connectivity index (χ3v) is 3.37. The summed E-state index contributed by atoms with van der Waals surface area (Å²) in [6.45, 7) is -0.106. The van der Waals surface area contributed by atoms with E-state index in [2.05, 4.69) is 10.1 Å². The molecule has 0 spiro atoms. The van der Waals surface area contributed by atoms with Crippen molar-refractivity contribution in [2.45, 2.75) is 12.6 Å². The van der Waals surface area contributed by atoms with Crippen molar-refractivity contribution in [1.29, 1.82) is 0 Å². The second-order valence-corrected chi connectivity index (χ2v) is 3.93. The Kier molecular flexibility index (Phi) is 1.69. The molecule has 1 saturated heterocycles. The SMILES string of the molecule is COC(=O)[C@]12CNC[C@@]1(C(F)(F)F)C2. The van der Waals surface area contributed by atoms with Gasteiger partial charge in [0.15, 0.2) is 0 Å². The number of hydrogen-bond donors (Lipinski definition) is 1. The number of methoxy groups -OCH3 is 1. The maximum Gasteiger partial charge on any atom is 0.396 e. The average molecular weight is 209 g/mol. The monoisotopic (exact) mass is 209 g/mol. The van der Waals surface area contributed by atoms with E-state index in [1.807, 2.05) is 0 Å². The molecule has 0 amide bonds. The highest BCUT2D eigenvalue weighted by Crippen LogP contribution is 2.73. The molecule has 0 aromatic rings. The van der Waals surface area contributed by atoms with Gasteiger partial charge < -0.3 is 10.1 Å². The van der Waals surface area contributed by atoms with Crippen LogP contribution in [0.2, 0.25) is 0 Å². The van der Waals surface area contributed by atoms with Gasteiger partial charge in [-0.1, -0.05) is 0 Å². The Balaban J connectivity index is 2.30. The normalized spacial score (nSPS) is 40.6. The summed E-state index contributed by atoms with van der Waals surface area (Å²) in [4.78, 5) is 11.3. The predicted molar refractivity (Wildman–Crippen MR) is 40.4 cm³/mol. The zero-order valence-electron chi connectivity index (χ0n) is 7.57. The lowest BCUT2D eigenvalue weighted by molar-refractivity contribution is -0.195. The lowest BCUT2D eigenvalue weighted by atomic mass is 9.96. The van der Waals surface area contributed by atoms with Crippen LogP contribution in [-0.4, -0.2) is 32.3 Å². The molecule has 14 heavy (non-hydrogen) atoms. The van der Waals surface area contributed by atoms with Crippen molar-refractivity contribution in [2.75, 3.05) is 20.2 Å². The second-order valence-electron chi connectivity index (χ2n) is 3.93. The van der Waals surface area contributed by atoms with Gasteiger partial charge in [0.1, 0.15) is 0 Å². The molecular formula is C8H10F3NO2. The Morgan fingerprint density at radius 1 is 1.43 bits per heavy atom. The summed E-state index contributed by atoms with van der Waals surface area (Å²) in [7, 11) is 1.12. The van der Waals surface area contributed by atoms with Crippen LogP contribution in [0.3, 0.4) is 0 Å². The summed E-state index contributed by atoms with van der Waals surface area (Å²) >= 11 is 0. The van der Waals surface area contributed by atoms with Gasteiger partial charge in [0.05, 0.1) is 17.9 Å². The van der Waals surface area contributed by atoms with Crippen molar-refractivity contribution in [1.82, 2.24) is 5.32 Å². The minimum atomic E-state index is -4.33. The van der Waals surface area contributed by atoms with E-state index < -0.39 is 23.0 Å². The second kappa shape index (κ2) is 2.42. The molecule has 2 fully saturated rings. The topological polar surface area (TPSA) is 38.3 Å². The smallest absolute Gasteiger partial charge is 0.396 e. The first-order valence-electron chi connectivity index (χ1n) is 4.25. The van der Waals surface area contributed by atoms with E-state index in [0.717, 1.165) is 7.11 Å². The predicted octanol–water partition coefficient (Wildman–Crippen LogP) is 0.701. The first-order valence-corrected chi connectivity index (χ1v) is 4.25. The minimum absolute atomic E-state index is 0.0686. The molecule has 2 atom stereocenters. The molecule has 0 aromatic heterocycles. The lowest BCUT2D eigenvalue weighted by Gasteiger charge is -2.18. The van der Waals surface area contributed by atoms with Crippen molar-refractivity contribution in [3.8, 4) is 0 Å². The van der Waals surface area contributed by atoms with E-state index in [0.29, 0.717) is 0 Å². The van der Waals surface area contributed by atoms with E-state index in [1.54, 1.807) is 0 Å². The number of esters is 1. The largest absolute Gasteiger partial charge is 0.469 e. The Hall–Kier alpha value is -0.780. The Bertz CT molecular complexity index is 291. The van der Waals surface area contributed by atoms with Crippen LogP contribution in [0.15, 0.2) is 0 Å². The zero-order chi connectivity index (χ0) is 10.6. The summed E-state index contributed by atoms with van der Waals surface area (Å²) < 4.78 is 42.5. The molecule has 3 nitrogen and oxygen atoms in total. The molecular weight excluding hydrogens is 199 g/mol. The highest BCUT2D eigenvalue weighted by molar-refractivity contribution is 5.83. The number of nitrogens with one attached hydrogen (secondary N) is 1. The van der Waals surface area contributed by atoms with Crippen LogP contribution in [0.4, 0.5) is 13.2 Å². The molecule has 1 heterocycles. The van der Waals surface area contributed by atoms with Crippen LogP contribution in [0, 0.1) is 10.8 Å². The van der Waals surface area contributed by atoms with Crippen LogP contribution >= 0.6 is 0 Å². The van der Waals surface area contributed by atoms with Gasteiger partial charge in [-0.05, 0) is 6.42 Å². The Labute approximate surface area is 78.6 Å². The third kappa shape index (κ3) is 0.846. The van der Waals surface area contributed by atoms with Gasteiger partial charge in [-0.25, -0.2) is 0 Å². The standard InChI is InChI=1S/C8H10F3NO2/c1-14-5(13)6-2-7(6,4-12-3-6)8(9,10)11/h12H,2-4H2,1H3/t6-,7-/m0/s1. The molecule has 2 aliphatic rings. The molecule has 0 radical (unpaired) electrons. The first-order chi connectivity index (χ1) is 6.40. The van der Waals surface area contributed by atoms with Crippen LogP contribution < -0.4 is 5.32 Å². The molecule has 0 bridgehead atoms. The maximum absolute atomic E-state index is 12.7. The fourth-order valence-electron chi connectivity index (χ4n) is 2.43. The fraction of sp³-hybridized carbons (Fsp3) is 0.875. The van der Waals surface area contributed by atoms with E-state index in [1.165, 1.54) is 0 Å². The number of ether oxygens (including phenoxy) is 1. The summed E-state index contributed by atoms with van der Waals surface area (Å²) in [5, 5.41) is 2.60. The summed E-state index contributed by atoms with van der Waals surface area (Å²) in [5.74, 6) is -0.750. The number of fused-ring (bicyclic) bond motifs is 1. The van der Waals surface area contributed by atoms with E-state index >= 15 is 0 Å². The lowest BCUT2D eigenvalue weighted by Crippen LogP contribution is -2.34. The van der Waals surface area contributed by atoms with Crippen LogP contribution in [0.25, 0.3) is 0 Å². The molecule has 1 saturated carbocycles. The van der Waals surface area contributed by atoms with Gasteiger partial charge in [0.25, 0.3) is 0 Å². The number of hydrogen-bond acceptors (Lipinski definition) is 3. The van der Waals surface area contributed by atoms with Gasteiger partial charge in [-0.15, -0.1) is 0 Å². The van der Waals surface area contributed by atoms with E-state index in [4.69, 9.17) is 0 Å². The number of piperidine rings is 1. The minimum Gasteiger partial charge on any atom is -0.469 e. The molecule has 1 aliphatic heterocycles. The quantitative estimate of drug-likeness (QED) is 0.646. The van der Waals surface area contributed by atoms with Gasteiger partial charge in [0.2, 0.25) is 0 Å².